The van der Waals surface area contributed by atoms with Crippen LogP contribution < -0.4 is 0 Å². The fourth-order valence-electron chi connectivity index (χ4n) is 2.48. The zero-order valence-corrected chi connectivity index (χ0v) is 12.1. The van der Waals surface area contributed by atoms with Crippen LogP contribution in [0.1, 0.15) is 50.0 Å². The van der Waals surface area contributed by atoms with Crippen LogP contribution in [-0.4, -0.2) is 9.97 Å². The standard InChI is InChI=1S/C12H17BrN2S/c1-3-8-4-5-9(6-8)11-14-7(2)10(13)12(16)15-11/h8-9H,3-6H2,1-2H3,(H,14,15,16). The Morgan fingerprint density at radius 3 is 2.81 bits per heavy atom. The van der Waals surface area contributed by atoms with Gasteiger partial charge in [-0.05, 0) is 48.0 Å². The molecule has 2 atom stereocenters. The summed E-state index contributed by atoms with van der Waals surface area (Å²) in [6.07, 6.45) is 5.12. The smallest absolute Gasteiger partial charge is 0.144 e. The van der Waals surface area contributed by atoms with Crippen molar-refractivity contribution in [2.75, 3.05) is 0 Å². The molecule has 2 nitrogen and oxygen atoms in total. The van der Waals surface area contributed by atoms with Crippen LogP contribution in [0.15, 0.2) is 4.47 Å². The predicted octanol–water partition coefficient (Wildman–Crippen LogP) is 4.50. The summed E-state index contributed by atoms with van der Waals surface area (Å²) in [5.74, 6) is 2.54. The van der Waals surface area contributed by atoms with Gasteiger partial charge in [0, 0.05) is 11.6 Å². The number of rotatable bonds is 2. The van der Waals surface area contributed by atoms with E-state index in [9.17, 15) is 0 Å². The molecular formula is C12H17BrN2S. The quantitative estimate of drug-likeness (QED) is 0.815. The van der Waals surface area contributed by atoms with Crippen molar-refractivity contribution in [3.05, 3.63) is 20.6 Å². The Morgan fingerprint density at radius 2 is 2.25 bits per heavy atom. The lowest BCUT2D eigenvalue weighted by Gasteiger charge is -2.11. The van der Waals surface area contributed by atoms with E-state index in [0.717, 1.165) is 21.9 Å². The highest BCUT2D eigenvalue weighted by Gasteiger charge is 2.26. The summed E-state index contributed by atoms with van der Waals surface area (Å²) >= 11 is 8.69. The Morgan fingerprint density at radius 1 is 1.50 bits per heavy atom. The number of H-pyrrole nitrogens is 1. The molecule has 2 unspecified atom stereocenters. The minimum Gasteiger partial charge on any atom is -0.346 e. The molecule has 1 aliphatic carbocycles. The lowest BCUT2D eigenvalue weighted by atomic mass is 10.0. The molecule has 2 rings (SSSR count). The molecule has 0 aliphatic heterocycles. The summed E-state index contributed by atoms with van der Waals surface area (Å²) in [5.41, 5.74) is 1.09. The molecule has 0 spiro atoms. The lowest BCUT2D eigenvalue weighted by molar-refractivity contribution is 0.516. The van der Waals surface area contributed by atoms with E-state index in [1.807, 2.05) is 6.92 Å². The van der Waals surface area contributed by atoms with Gasteiger partial charge in [0.15, 0.2) is 0 Å². The number of hydrogen-bond acceptors (Lipinski definition) is 2. The number of nitrogens with one attached hydrogen (secondary N) is 1. The molecule has 4 heteroatoms. The third-order valence-corrected chi connectivity index (χ3v) is 5.09. The molecule has 0 aromatic carbocycles. The van der Waals surface area contributed by atoms with E-state index in [2.05, 4.69) is 32.8 Å². The number of nitrogens with zero attached hydrogens (tertiary/aromatic N) is 1. The van der Waals surface area contributed by atoms with Crippen LogP contribution in [0.3, 0.4) is 0 Å². The van der Waals surface area contributed by atoms with Crippen LogP contribution in [0, 0.1) is 17.5 Å². The third kappa shape index (κ3) is 2.38. The molecule has 1 saturated carbocycles. The van der Waals surface area contributed by atoms with Gasteiger partial charge in [-0.15, -0.1) is 0 Å². The van der Waals surface area contributed by atoms with Crippen LogP contribution in [0.25, 0.3) is 0 Å². The highest BCUT2D eigenvalue weighted by Crippen LogP contribution is 2.38. The molecule has 0 amide bonds. The van der Waals surface area contributed by atoms with E-state index in [0.29, 0.717) is 10.6 Å². The predicted molar refractivity (Wildman–Crippen MR) is 72.2 cm³/mol. The first-order valence-corrected chi connectivity index (χ1v) is 7.08. The summed E-state index contributed by atoms with van der Waals surface area (Å²) < 4.78 is 1.61. The van der Waals surface area contributed by atoms with Crippen molar-refractivity contribution in [3.8, 4) is 0 Å². The zero-order chi connectivity index (χ0) is 11.7. The molecule has 0 radical (unpaired) electrons. The second-order valence-corrected chi connectivity index (χ2v) is 5.83. The molecular weight excluding hydrogens is 284 g/mol. The normalized spacial score (nSPS) is 24.9. The third-order valence-electron chi connectivity index (χ3n) is 3.56. The molecule has 1 aliphatic rings. The van der Waals surface area contributed by atoms with Gasteiger partial charge in [0.05, 0.1) is 4.47 Å². The maximum Gasteiger partial charge on any atom is 0.144 e. The zero-order valence-electron chi connectivity index (χ0n) is 9.72. The molecule has 1 N–H and O–H groups in total. The molecule has 0 saturated heterocycles. The first kappa shape index (κ1) is 12.2. The van der Waals surface area contributed by atoms with Crippen LogP contribution in [0.5, 0.6) is 0 Å². The van der Waals surface area contributed by atoms with Crippen molar-refractivity contribution in [1.82, 2.24) is 9.97 Å². The largest absolute Gasteiger partial charge is 0.346 e. The lowest BCUT2D eigenvalue weighted by Crippen LogP contribution is -2.04. The molecule has 1 heterocycles. The van der Waals surface area contributed by atoms with Crippen molar-refractivity contribution < 1.29 is 0 Å². The van der Waals surface area contributed by atoms with E-state index in [1.54, 1.807) is 0 Å². The first-order valence-electron chi connectivity index (χ1n) is 5.88. The Bertz CT molecular complexity index is 441. The highest BCUT2D eigenvalue weighted by molar-refractivity contribution is 9.10. The van der Waals surface area contributed by atoms with Crippen LogP contribution >= 0.6 is 28.1 Å². The van der Waals surface area contributed by atoms with Crippen molar-refractivity contribution in [2.45, 2.75) is 45.4 Å². The Kier molecular flexibility index (Phi) is 3.80. The molecule has 1 aromatic rings. The minimum absolute atomic E-state index is 0.582. The van der Waals surface area contributed by atoms with E-state index in [4.69, 9.17) is 12.2 Å². The number of aromatic amines is 1. The summed E-state index contributed by atoms with van der Waals surface area (Å²) in [6, 6.07) is 0. The van der Waals surface area contributed by atoms with E-state index >= 15 is 0 Å². The monoisotopic (exact) mass is 300 g/mol. The SMILES string of the molecule is CCC1CCC(c2nc(=S)c(Br)c(C)[nH]2)C1. The van der Waals surface area contributed by atoms with E-state index in [1.165, 1.54) is 25.7 Å². The first-order chi connectivity index (χ1) is 7.61. The maximum absolute atomic E-state index is 5.24. The van der Waals surface area contributed by atoms with Gasteiger partial charge in [0.25, 0.3) is 0 Å². The summed E-state index contributed by atoms with van der Waals surface area (Å²) in [7, 11) is 0. The second-order valence-electron chi connectivity index (χ2n) is 4.65. The minimum atomic E-state index is 0.582. The molecule has 16 heavy (non-hydrogen) atoms. The average molecular weight is 301 g/mol. The van der Waals surface area contributed by atoms with Gasteiger partial charge in [0.2, 0.25) is 0 Å². The van der Waals surface area contributed by atoms with Gasteiger partial charge in [-0.1, -0.05) is 25.6 Å². The Hall–Kier alpha value is -0.220. The van der Waals surface area contributed by atoms with Crippen LogP contribution in [-0.2, 0) is 0 Å². The molecule has 0 bridgehead atoms. The van der Waals surface area contributed by atoms with Gasteiger partial charge in [-0.2, -0.15) is 0 Å². The van der Waals surface area contributed by atoms with Crippen LogP contribution in [0.4, 0.5) is 0 Å². The molecule has 1 aromatic heterocycles. The van der Waals surface area contributed by atoms with Gasteiger partial charge in [0.1, 0.15) is 10.5 Å². The van der Waals surface area contributed by atoms with Gasteiger partial charge >= 0.3 is 0 Å². The van der Waals surface area contributed by atoms with Gasteiger partial charge in [-0.25, -0.2) is 4.98 Å². The summed E-state index contributed by atoms with van der Waals surface area (Å²) in [6.45, 7) is 4.31. The highest BCUT2D eigenvalue weighted by atomic mass is 79.9. The number of aromatic nitrogens is 2. The number of hydrogen-bond donors (Lipinski definition) is 1. The topological polar surface area (TPSA) is 28.7 Å². The fraction of sp³-hybridized carbons (Fsp3) is 0.667. The molecule has 88 valence electrons. The Labute approximate surface area is 110 Å². The van der Waals surface area contributed by atoms with Crippen molar-refractivity contribution in [1.29, 1.82) is 0 Å². The van der Waals surface area contributed by atoms with Crippen molar-refractivity contribution >= 4 is 28.1 Å². The average Bonchev–Trinajstić information content (AvgIpc) is 2.73. The fourth-order valence-corrected chi connectivity index (χ4v) is 2.92. The molecule has 1 fully saturated rings. The second kappa shape index (κ2) is 4.96. The van der Waals surface area contributed by atoms with Crippen molar-refractivity contribution in [2.24, 2.45) is 5.92 Å². The maximum atomic E-state index is 5.24. The van der Waals surface area contributed by atoms with Gasteiger partial charge in [-0.3, -0.25) is 0 Å². The Balaban J connectivity index is 2.26. The van der Waals surface area contributed by atoms with E-state index in [-0.39, 0.29) is 0 Å². The summed E-state index contributed by atoms with van der Waals surface area (Å²) in [4.78, 5) is 7.88. The van der Waals surface area contributed by atoms with Gasteiger partial charge < -0.3 is 4.98 Å². The van der Waals surface area contributed by atoms with E-state index < -0.39 is 0 Å². The van der Waals surface area contributed by atoms with Crippen molar-refractivity contribution in [3.63, 3.8) is 0 Å². The summed E-state index contributed by atoms with van der Waals surface area (Å²) in [5, 5.41) is 0. The number of aryl methyl sites for hydroxylation is 1. The van der Waals surface area contributed by atoms with Crippen LogP contribution in [0.2, 0.25) is 0 Å². The number of halogens is 1.